The lowest BCUT2D eigenvalue weighted by Crippen LogP contribution is -2.69. The fraction of sp³-hybridized carbons (Fsp3) is 0.312. The van der Waals surface area contributed by atoms with Crippen molar-refractivity contribution in [3.8, 4) is 0 Å². The van der Waals surface area contributed by atoms with Gasteiger partial charge >= 0.3 is 5.97 Å². The number of anilines is 1. The van der Waals surface area contributed by atoms with Crippen LogP contribution in [0.3, 0.4) is 0 Å². The number of hydrogen-bond acceptors (Lipinski definition) is 5. The molecule has 1 aromatic rings. The lowest BCUT2D eigenvalue weighted by molar-refractivity contribution is -0.144. The predicted molar refractivity (Wildman–Crippen MR) is 90.3 cm³/mol. The van der Waals surface area contributed by atoms with Crippen LogP contribution in [0.1, 0.15) is 6.92 Å². The maximum atomic E-state index is 12.1. The van der Waals surface area contributed by atoms with Crippen LogP contribution >= 0.6 is 11.8 Å². The van der Waals surface area contributed by atoms with Crippen molar-refractivity contribution in [2.75, 3.05) is 11.9 Å². The molecule has 0 saturated carbocycles. The van der Waals surface area contributed by atoms with Crippen LogP contribution in [0.15, 0.2) is 42.1 Å². The van der Waals surface area contributed by atoms with Gasteiger partial charge in [0.1, 0.15) is 11.4 Å². The molecule has 2 amide bonds. The van der Waals surface area contributed by atoms with Crippen molar-refractivity contribution in [1.82, 2.24) is 10.2 Å². The summed E-state index contributed by atoms with van der Waals surface area (Å²) in [5.74, 6) is -1.59. The van der Waals surface area contributed by atoms with E-state index in [1.807, 2.05) is 30.3 Å². The quantitative estimate of drug-likeness (QED) is 0.683. The second kappa shape index (κ2) is 6.56. The summed E-state index contributed by atoms with van der Waals surface area (Å²) in [5.41, 5.74) is 1.02. The van der Waals surface area contributed by atoms with E-state index in [1.165, 1.54) is 22.9 Å². The van der Waals surface area contributed by atoms with Gasteiger partial charge in [0, 0.05) is 17.1 Å². The Bertz CT molecular complexity index is 707. The molecule has 2 unspecified atom stereocenters. The number of carbonyl (C=O) groups is 3. The SMILES string of the molecule is CC1S[C@@H]2C(NC(=O)CNc3ccccc3)C(=O)N2C=C1C(=O)O. The van der Waals surface area contributed by atoms with Gasteiger partial charge in [-0.25, -0.2) is 4.79 Å². The minimum atomic E-state index is -1.03. The van der Waals surface area contributed by atoms with Gasteiger partial charge in [0.25, 0.3) is 5.91 Å². The number of nitrogens with one attached hydrogen (secondary N) is 2. The highest BCUT2D eigenvalue weighted by atomic mass is 32.2. The Kier molecular flexibility index (Phi) is 4.48. The second-order valence-corrected chi connectivity index (χ2v) is 7.03. The highest BCUT2D eigenvalue weighted by Gasteiger charge is 2.51. The van der Waals surface area contributed by atoms with Crippen LogP contribution in [0.2, 0.25) is 0 Å². The number of carboxylic acid groups (broad SMARTS) is 1. The van der Waals surface area contributed by atoms with E-state index in [9.17, 15) is 14.4 Å². The van der Waals surface area contributed by atoms with Crippen molar-refractivity contribution in [2.45, 2.75) is 23.6 Å². The van der Waals surface area contributed by atoms with E-state index in [0.29, 0.717) is 0 Å². The van der Waals surface area contributed by atoms with Crippen LogP contribution in [-0.2, 0) is 14.4 Å². The highest BCUT2D eigenvalue weighted by Crippen LogP contribution is 2.40. The smallest absolute Gasteiger partial charge is 0.334 e. The number of fused-ring (bicyclic) bond motifs is 1. The molecule has 126 valence electrons. The monoisotopic (exact) mass is 347 g/mol. The summed E-state index contributed by atoms with van der Waals surface area (Å²) in [6, 6.07) is 8.68. The summed E-state index contributed by atoms with van der Waals surface area (Å²) in [7, 11) is 0. The van der Waals surface area contributed by atoms with Crippen LogP contribution in [0.25, 0.3) is 0 Å². The Morgan fingerprint density at radius 2 is 2.00 bits per heavy atom. The van der Waals surface area contributed by atoms with Gasteiger partial charge in [-0.05, 0) is 19.1 Å². The molecule has 0 radical (unpaired) electrons. The summed E-state index contributed by atoms with van der Waals surface area (Å²) in [6.07, 6.45) is 1.38. The lowest BCUT2D eigenvalue weighted by Gasteiger charge is -2.48. The van der Waals surface area contributed by atoms with E-state index in [4.69, 9.17) is 5.11 Å². The number of thioether (sulfide) groups is 1. The third-order valence-corrected chi connectivity index (χ3v) is 5.37. The molecule has 0 aliphatic carbocycles. The number of aliphatic carboxylic acids is 1. The average molecular weight is 347 g/mol. The molecule has 3 atom stereocenters. The summed E-state index contributed by atoms with van der Waals surface area (Å²) >= 11 is 1.36. The Morgan fingerprint density at radius 1 is 1.29 bits per heavy atom. The van der Waals surface area contributed by atoms with Crippen molar-refractivity contribution in [1.29, 1.82) is 0 Å². The van der Waals surface area contributed by atoms with E-state index < -0.39 is 12.0 Å². The molecule has 3 N–H and O–H groups in total. The molecular formula is C16H17N3O4S. The Labute approximate surface area is 143 Å². The third-order valence-electron chi connectivity index (χ3n) is 3.93. The molecule has 0 aromatic heterocycles. The van der Waals surface area contributed by atoms with E-state index >= 15 is 0 Å². The molecular weight excluding hydrogens is 330 g/mol. The van der Waals surface area contributed by atoms with Gasteiger partial charge < -0.3 is 20.6 Å². The second-order valence-electron chi connectivity index (χ2n) is 5.57. The standard InChI is InChI=1S/C16H17N3O4S/c1-9-11(16(22)23)8-19-14(21)13(15(19)24-9)18-12(20)7-17-10-5-3-2-4-6-10/h2-6,8-9,13,15,17H,7H2,1H3,(H,18,20)(H,22,23)/t9?,13?,15-/m1/s1. The molecule has 2 aliphatic rings. The third kappa shape index (κ3) is 3.09. The van der Waals surface area contributed by atoms with Gasteiger partial charge in [-0.2, -0.15) is 0 Å². The Morgan fingerprint density at radius 3 is 2.67 bits per heavy atom. The molecule has 1 saturated heterocycles. The number of carboxylic acids is 1. The van der Waals surface area contributed by atoms with Gasteiger partial charge in [-0.1, -0.05) is 18.2 Å². The highest BCUT2D eigenvalue weighted by molar-refractivity contribution is 8.00. The zero-order valence-electron chi connectivity index (χ0n) is 12.9. The van der Waals surface area contributed by atoms with Crippen LogP contribution < -0.4 is 10.6 Å². The zero-order chi connectivity index (χ0) is 17.3. The molecule has 1 fully saturated rings. The fourth-order valence-corrected chi connectivity index (χ4v) is 3.99. The van der Waals surface area contributed by atoms with E-state index in [0.717, 1.165) is 5.69 Å². The van der Waals surface area contributed by atoms with Crippen molar-refractivity contribution >= 4 is 35.2 Å². The van der Waals surface area contributed by atoms with Crippen LogP contribution in [0.5, 0.6) is 0 Å². The van der Waals surface area contributed by atoms with Crippen molar-refractivity contribution in [3.05, 3.63) is 42.1 Å². The fourth-order valence-electron chi connectivity index (χ4n) is 2.63. The number of β-lactam (4-membered cyclic amide) rings is 1. The van der Waals surface area contributed by atoms with Crippen molar-refractivity contribution in [2.24, 2.45) is 0 Å². The normalized spacial score (nSPS) is 25.2. The molecule has 8 heteroatoms. The van der Waals surface area contributed by atoms with Crippen LogP contribution in [0, 0.1) is 0 Å². The maximum Gasteiger partial charge on any atom is 0.334 e. The first-order valence-electron chi connectivity index (χ1n) is 7.48. The first kappa shape index (κ1) is 16.4. The van der Waals surface area contributed by atoms with E-state index in [1.54, 1.807) is 6.92 Å². The summed E-state index contributed by atoms with van der Waals surface area (Å²) < 4.78 is 0. The number of nitrogens with zero attached hydrogens (tertiary/aromatic N) is 1. The number of benzene rings is 1. The molecule has 7 nitrogen and oxygen atoms in total. The Balaban J connectivity index is 1.57. The van der Waals surface area contributed by atoms with Gasteiger partial charge in [0.15, 0.2) is 0 Å². The number of para-hydroxylation sites is 1. The number of hydrogen-bond donors (Lipinski definition) is 3. The topological polar surface area (TPSA) is 98.7 Å². The average Bonchev–Trinajstić information content (AvgIpc) is 2.58. The number of carbonyl (C=O) groups excluding carboxylic acids is 2. The van der Waals surface area contributed by atoms with Crippen molar-refractivity contribution in [3.63, 3.8) is 0 Å². The molecule has 0 spiro atoms. The molecule has 1 aromatic carbocycles. The van der Waals surface area contributed by atoms with E-state index in [-0.39, 0.29) is 34.6 Å². The first-order valence-corrected chi connectivity index (χ1v) is 8.42. The molecule has 24 heavy (non-hydrogen) atoms. The zero-order valence-corrected chi connectivity index (χ0v) is 13.7. The lowest BCUT2D eigenvalue weighted by atomic mass is 10.1. The van der Waals surface area contributed by atoms with Crippen LogP contribution in [0.4, 0.5) is 5.69 Å². The summed E-state index contributed by atoms with van der Waals surface area (Å²) in [6.45, 7) is 1.84. The van der Waals surface area contributed by atoms with Crippen LogP contribution in [-0.4, -0.2) is 51.0 Å². The summed E-state index contributed by atoms with van der Waals surface area (Å²) in [4.78, 5) is 36.7. The number of amides is 2. The predicted octanol–water partition coefficient (Wildman–Crippen LogP) is 0.855. The Hall–Kier alpha value is -2.48. The van der Waals surface area contributed by atoms with Crippen molar-refractivity contribution < 1.29 is 19.5 Å². The van der Waals surface area contributed by atoms with Gasteiger partial charge in [0.2, 0.25) is 5.91 Å². The molecule has 2 aliphatic heterocycles. The molecule has 3 rings (SSSR count). The number of rotatable bonds is 5. The summed E-state index contributed by atoms with van der Waals surface area (Å²) in [5, 5.41) is 14.3. The molecule has 2 heterocycles. The maximum absolute atomic E-state index is 12.1. The largest absolute Gasteiger partial charge is 0.478 e. The first-order chi connectivity index (χ1) is 11.5. The molecule has 0 bridgehead atoms. The van der Waals surface area contributed by atoms with Gasteiger partial charge in [-0.3, -0.25) is 9.59 Å². The van der Waals surface area contributed by atoms with E-state index in [2.05, 4.69) is 10.6 Å². The minimum absolute atomic E-state index is 0.0664. The minimum Gasteiger partial charge on any atom is -0.478 e. The van der Waals surface area contributed by atoms with Gasteiger partial charge in [0.05, 0.1) is 12.1 Å². The van der Waals surface area contributed by atoms with Gasteiger partial charge in [-0.15, -0.1) is 11.8 Å².